The molecule has 0 heterocycles. The summed E-state index contributed by atoms with van der Waals surface area (Å²) in [6, 6.07) is 1.04. The Kier molecular flexibility index (Phi) is 4.09. The van der Waals surface area contributed by atoms with Gasteiger partial charge >= 0.3 is 12.4 Å². The Labute approximate surface area is 106 Å². The average molecular weight is 335 g/mol. The van der Waals surface area contributed by atoms with Crippen LogP contribution in [0.5, 0.6) is 0 Å². The number of carbonyl (C=O) groups is 1. The van der Waals surface area contributed by atoms with Gasteiger partial charge < -0.3 is 0 Å². The molecule has 0 atom stereocenters. The Balaban J connectivity index is 3.66. The molecular weight excluding hydrogens is 330 g/mol. The highest BCUT2D eigenvalue weighted by atomic mass is 79.9. The molecule has 0 aliphatic rings. The first kappa shape index (κ1) is 15.0. The topological polar surface area (TPSA) is 17.1 Å². The van der Waals surface area contributed by atoms with Gasteiger partial charge in [0.2, 0.25) is 0 Å². The molecule has 8 heteroatoms. The molecule has 1 aromatic carbocycles. The maximum Gasteiger partial charge on any atom is 0.417 e. The van der Waals surface area contributed by atoms with E-state index in [1.165, 1.54) is 0 Å². The van der Waals surface area contributed by atoms with Crippen molar-refractivity contribution in [1.82, 2.24) is 0 Å². The predicted molar refractivity (Wildman–Crippen MR) is 54.5 cm³/mol. The molecule has 18 heavy (non-hydrogen) atoms. The molecule has 0 saturated carbocycles. The van der Waals surface area contributed by atoms with Crippen molar-refractivity contribution in [3.05, 3.63) is 34.4 Å². The Morgan fingerprint density at radius 3 is 1.61 bits per heavy atom. The van der Waals surface area contributed by atoms with E-state index in [9.17, 15) is 31.1 Å². The third-order valence-electron chi connectivity index (χ3n) is 2.12. The number of hydrogen-bond acceptors (Lipinski definition) is 1. The molecular formula is C10H5BrF6O. The zero-order chi connectivity index (χ0) is 14.1. The minimum Gasteiger partial charge on any atom is -0.298 e. The summed E-state index contributed by atoms with van der Waals surface area (Å²) in [5.74, 6) is 0. The molecule has 0 saturated heterocycles. The third kappa shape index (κ3) is 3.04. The average Bonchev–Trinajstić information content (AvgIpc) is 2.24. The minimum atomic E-state index is -5.02. The molecule has 0 unspecified atom stereocenters. The van der Waals surface area contributed by atoms with Crippen LogP contribution in [-0.2, 0) is 17.7 Å². The normalized spacial score (nSPS) is 12.6. The molecule has 1 aromatic rings. The number of alkyl halides is 7. The van der Waals surface area contributed by atoms with E-state index in [-0.39, 0.29) is 10.9 Å². The maximum atomic E-state index is 12.6. The van der Waals surface area contributed by atoms with Crippen molar-refractivity contribution in [3.63, 3.8) is 0 Å². The van der Waals surface area contributed by atoms with Crippen molar-refractivity contribution in [2.75, 3.05) is 0 Å². The second kappa shape index (κ2) is 4.91. The van der Waals surface area contributed by atoms with E-state index in [2.05, 4.69) is 15.9 Å². The number of benzene rings is 1. The highest BCUT2D eigenvalue weighted by Crippen LogP contribution is 2.39. The van der Waals surface area contributed by atoms with Crippen LogP contribution < -0.4 is 0 Å². The molecule has 1 rings (SSSR count). The number of rotatable bonds is 2. The first-order valence-electron chi connectivity index (χ1n) is 4.43. The van der Waals surface area contributed by atoms with E-state index < -0.39 is 35.3 Å². The van der Waals surface area contributed by atoms with Crippen LogP contribution in [-0.4, -0.2) is 6.29 Å². The predicted octanol–water partition coefficient (Wildman–Crippen LogP) is 4.43. The van der Waals surface area contributed by atoms with Gasteiger partial charge in [0.05, 0.1) is 11.1 Å². The maximum absolute atomic E-state index is 12.6. The van der Waals surface area contributed by atoms with Gasteiger partial charge in [-0.2, -0.15) is 26.3 Å². The molecule has 100 valence electrons. The molecule has 0 fully saturated rings. The van der Waals surface area contributed by atoms with Crippen LogP contribution >= 0.6 is 15.9 Å². The summed E-state index contributed by atoms with van der Waals surface area (Å²) in [6.07, 6.45) is -10.5. The molecule has 0 amide bonds. The number of carbonyl (C=O) groups excluding carboxylic acids is 1. The highest BCUT2D eigenvalue weighted by molar-refractivity contribution is 9.08. The molecule has 0 N–H and O–H groups in total. The van der Waals surface area contributed by atoms with Crippen molar-refractivity contribution < 1.29 is 31.1 Å². The second-order valence-electron chi connectivity index (χ2n) is 3.35. The van der Waals surface area contributed by atoms with Crippen molar-refractivity contribution >= 4 is 22.2 Å². The van der Waals surface area contributed by atoms with Gasteiger partial charge in [-0.1, -0.05) is 15.9 Å². The standard InChI is InChI=1S/C10H5BrF6O/c11-3-5-1-7(9(12,13)14)6(4-18)8(2-5)10(15,16)17/h1-2,4H,3H2. The van der Waals surface area contributed by atoms with Gasteiger partial charge in [0.1, 0.15) is 0 Å². The van der Waals surface area contributed by atoms with Gasteiger partial charge in [0, 0.05) is 10.9 Å². The zero-order valence-corrected chi connectivity index (χ0v) is 10.1. The lowest BCUT2D eigenvalue weighted by Crippen LogP contribution is -2.17. The fourth-order valence-electron chi connectivity index (χ4n) is 1.39. The van der Waals surface area contributed by atoms with E-state index in [1.54, 1.807) is 0 Å². The zero-order valence-electron chi connectivity index (χ0n) is 8.49. The monoisotopic (exact) mass is 334 g/mol. The Hall–Kier alpha value is -1.05. The number of aldehydes is 1. The summed E-state index contributed by atoms with van der Waals surface area (Å²) < 4.78 is 75.5. The lowest BCUT2D eigenvalue weighted by atomic mass is 9.98. The van der Waals surface area contributed by atoms with E-state index in [0.717, 1.165) is 0 Å². The smallest absolute Gasteiger partial charge is 0.298 e. The van der Waals surface area contributed by atoms with Crippen LogP contribution in [0.1, 0.15) is 27.0 Å². The fourth-order valence-corrected chi connectivity index (χ4v) is 1.71. The SMILES string of the molecule is O=Cc1c(C(F)(F)F)cc(CBr)cc1C(F)(F)F. The van der Waals surface area contributed by atoms with Crippen LogP contribution in [0.4, 0.5) is 26.3 Å². The lowest BCUT2D eigenvalue weighted by Gasteiger charge is -2.16. The van der Waals surface area contributed by atoms with Gasteiger partial charge in [-0.05, 0) is 17.7 Å². The number of hydrogen-bond donors (Lipinski definition) is 0. The number of halogens is 7. The van der Waals surface area contributed by atoms with E-state index >= 15 is 0 Å². The van der Waals surface area contributed by atoms with Gasteiger partial charge in [0.15, 0.2) is 6.29 Å². The van der Waals surface area contributed by atoms with E-state index in [1.807, 2.05) is 0 Å². The Morgan fingerprint density at radius 2 is 1.39 bits per heavy atom. The van der Waals surface area contributed by atoms with Crippen molar-refractivity contribution in [3.8, 4) is 0 Å². The lowest BCUT2D eigenvalue weighted by molar-refractivity contribution is -0.143. The van der Waals surface area contributed by atoms with Gasteiger partial charge in [-0.15, -0.1) is 0 Å². The summed E-state index contributed by atoms with van der Waals surface area (Å²) in [6.45, 7) is 0. The van der Waals surface area contributed by atoms with Crippen LogP contribution in [0, 0.1) is 0 Å². The second-order valence-corrected chi connectivity index (χ2v) is 3.91. The summed E-state index contributed by atoms with van der Waals surface area (Å²) in [5, 5.41) is -0.182. The van der Waals surface area contributed by atoms with Gasteiger partial charge in [-0.25, -0.2) is 0 Å². The molecule has 0 radical (unpaired) electrons. The summed E-state index contributed by atoms with van der Waals surface area (Å²) in [5.41, 5.74) is -4.76. The summed E-state index contributed by atoms with van der Waals surface area (Å²) in [4.78, 5) is 10.5. The quantitative estimate of drug-likeness (QED) is 0.444. The fraction of sp³-hybridized carbons (Fsp3) is 0.300. The molecule has 0 spiro atoms. The minimum absolute atomic E-state index is 0.182. The van der Waals surface area contributed by atoms with Gasteiger partial charge in [-0.3, -0.25) is 4.79 Å². The third-order valence-corrected chi connectivity index (χ3v) is 2.77. The molecule has 0 bridgehead atoms. The molecule has 0 aromatic heterocycles. The van der Waals surface area contributed by atoms with E-state index in [4.69, 9.17) is 0 Å². The first-order chi connectivity index (χ1) is 8.11. The largest absolute Gasteiger partial charge is 0.417 e. The van der Waals surface area contributed by atoms with Crippen LogP contribution in [0.2, 0.25) is 0 Å². The Bertz CT molecular complexity index is 427. The highest BCUT2D eigenvalue weighted by Gasteiger charge is 2.41. The molecule has 1 nitrogen and oxygen atoms in total. The van der Waals surface area contributed by atoms with Crippen molar-refractivity contribution in [1.29, 1.82) is 0 Å². The van der Waals surface area contributed by atoms with E-state index in [0.29, 0.717) is 12.1 Å². The Morgan fingerprint density at radius 1 is 1.00 bits per heavy atom. The molecule has 0 aliphatic carbocycles. The van der Waals surface area contributed by atoms with Crippen molar-refractivity contribution in [2.24, 2.45) is 0 Å². The summed E-state index contributed by atoms with van der Waals surface area (Å²) >= 11 is 2.78. The van der Waals surface area contributed by atoms with Crippen molar-refractivity contribution in [2.45, 2.75) is 17.7 Å². The van der Waals surface area contributed by atoms with Crippen LogP contribution in [0.25, 0.3) is 0 Å². The van der Waals surface area contributed by atoms with Gasteiger partial charge in [0.25, 0.3) is 0 Å². The van der Waals surface area contributed by atoms with Crippen LogP contribution in [0.3, 0.4) is 0 Å². The first-order valence-corrected chi connectivity index (χ1v) is 5.56. The molecule has 0 aliphatic heterocycles. The summed E-state index contributed by atoms with van der Waals surface area (Å²) in [7, 11) is 0. The van der Waals surface area contributed by atoms with Crippen LogP contribution in [0.15, 0.2) is 12.1 Å².